The minimum absolute atomic E-state index is 0.0475. The number of rotatable bonds is 11. The molecule has 2 rings (SSSR count). The first-order chi connectivity index (χ1) is 14.3. The molecule has 0 aliphatic carbocycles. The highest BCUT2D eigenvalue weighted by Crippen LogP contribution is 2.22. The van der Waals surface area contributed by atoms with Gasteiger partial charge in [-0.15, -0.1) is 0 Å². The maximum atomic E-state index is 12.6. The molecule has 30 heavy (non-hydrogen) atoms. The van der Waals surface area contributed by atoms with Gasteiger partial charge < -0.3 is 19.7 Å². The van der Waals surface area contributed by atoms with Crippen molar-refractivity contribution in [1.29, 1.82) is 0 Å². The molecule has 0 saturated carbocycles. The smallest absolute Gasteiger partial charge is 0.251 e. The van der Waals surface area contributed by atoms with Crippen molar-refractivity contribution in [3.8, 4) is 5.75 Å². The molecule has 1 amide bonds. The molecular formula is C21H29N3O5S. The Morgan fingerprint density at radius 3 is 2.40 bits per heavy atom. The molecule has 0 radical (unpaired) electrons. The van der Waals surface area contributed by atoms with Crippen molar-refractivity contribution in [2.45, 2.75) is 10.9 Å². The number of benzene rings is 2. The van der Waals surface area contributed by atoms with Crippen LogP contribution in [0.15, 0.2) is 53.4 Å². The van der Waals surface area contributed by atoms with Crippen LogP contribution in [0.2, 0.25) is 0 Å². The third-order valence-corrected chi connectivity index (χ3v) is 6.06. The molecule has 0 bridgehead atoms. The first-order valence-corrected chi connectivity index (χ1v) is 10.9. The van der Waals surface area contributed by atoms with Gasteiger partial charge in [-0.3, -0.25) is 4.79 Å². The van der Waals surface area contributed by atoms with Crippen LogP contribution < -0.4 is 14.8 Å². The van der Waals surface area contributed by atoms with Gasteiger partial charge in [-0.2, -0.15) is 0 Å². The second kappa shape index (κ2) is 11.1. The molecule has 0 spiro atoms. The van der Waals surface area contributed by atoms with Crippen LogP contribution in [0, 0.1) is 0 Å². The predicted octanol–water partition coefficient (Wildman–Crippen LogP) is 1.65. The molecule has 0 heterocycles. The molecule has 0 saturated heterocycles. The molecule has 2 aromatic rings. The summed E-state index contributed by atoms with van der Waals surface area (Å²) in [6.45, 7) is 0.842. The highest BCUT2D eigenvalue weighted by Gasteiger charge is 2.18. The minimum Gasteiger partial charge on any atom is -0.497 e. The van der Waals surface area contributed by atoms with Crippen molar-refractivity contribution in [3.63, 3.8) is 0 Å². The van der Waals surface area contributed by atoms with Crippen molar-refractivity contribution < 1.29 is 22.7 Å². The maximum Gasteiger partial charge on any atom is 0.251 e. The lowest BCUT2D eigenvalue weighted by molar-refractivity contribution is 0.0942. The number of sulfonamides is 1. The van der Waals surface area contributed by atoms with Gasteiger partial charge in [0.25, 0.3) is 5.91 Å². The van der Waals surface area contributed by atoms with E-state index in [9.17, 15) is 13.2 Å². The highest BCUT2D eigenvalue weighted by molar-refractivity contribution is 7.89. The number of amides is 1. The normalized spacial score (nSPS) is 12.6. The van der Waals surface area contributed by atoms with Crippen LogP contribution in [-0.2, 0) is 14.8 Å². The summed E-state index contributed by atoms with van der Waals surface area (Å²) in [6, 6.07) is 13.5. The number of nitrogens with zero attached hydrogens (tertiary/aromatic N) is 1. The Morgan fingerprint density at radius 1 is 1.10 bits per heavy atom. The lowest BCUT2D eigenvalue weighted by Crippen LogP contribution is -2.34. The van der Waals surface area contributed by atoms with E-state index in [-0.39, 0.29) is 30.0 Å². The van der Waals surface area contributed by atoms with E-state index in [1.165, 1.54) is 31.4 Å². The number of ether oxygens (including phenoxy) is 2. The van der Waals surface area contributed by atoms with Gasteiger partial charge >= 0.3 is 0 Å². The number of nitrogens with one attached hydrogen (secondary N) is 2. The zero-order chi connectivity index (χ0) is 22.1. The summed E-state index contributed by atoms with van der Waals surface area (Å²) >= 11 is 0. The lowest BCUT2D eigenvalue weighted by Gasteiger charge is -2.25. The number of likely N-dealkylation sites (N-methyl/N-ethyl adjacent to an activating group) is 1. The van der Waals surface area contributed by atoms with E-state index in [4.69, 9.17) is 9.47 Å². The molecule has 0 aliphatic heterocycles. The number of carbonyl (C=O) groups is 1. The minimum atomic E-state index is -3.63. The van der Waals surface area contributed by atoms with Crippen molar-refractivity contribution in [2.24, 2.45) is 0 Å². The Hall–Kier alpha value is -2.46. The second-order valence-electron chi connectivity index (χ2n) is 6.88. The van der Waals surface area contributed by atoms with Crippen molar-refractivity contribution >= 4 is 15.9 Å². The fraction of sp³-hybridized carbons (Fsp3) is 0.381. The summed E-state index contributed by atoms with van der Waals surface area (Å²) in [5.41, 5.74) is 1.40. The zero-order valence-corrected chi connectivity index (χ0v) is 18.5. The molecule has 2 N–H and O–H groups in total. The van der Waals surface area contributed by atoms with Crippen LogP contribution in [0.1, 0.15) is 22.0 Å². The summed E-state index contributed by atoms with van der Waals surface area (Å²) in [6.07, 6.45) is 0. The lowest BCUT2D eigenvalue weighted by atomic mass is 10.1. The van der Waals surface area contributed by atoms with Gasteiger partial charge in [0.1, 0.15) is 5.75 Å². The fourth-order valence-corrected chi connectivity index (χ4v) is 3.90. The van der Waals surface area contributed by atoms with E-state index in [0.29, 0.717) is 12.1 Å². The fourth-order valence-electron chi connectivity index (χ4n) is 2.89. The van der Waals surface area contributed by atoms with Crippen LogP contribution in [0.25, 0.3) is 0 Å². The SMILES string of the molecule is COCCNS(=O)(=O)c1ccc(C(=O)NC[C@@H](c2cccc(OC)c2)N(C)C)cc1. The molecule has 8 nitrogen and oxygen atoms in total. The van der Waals surface area contributed by atoms with Crippen molar-refractivity contribution in [3.05, 3.63) is 59.7 Å². The largest absolute Gasteiger partial charge is 0.497 e. The topological polar surface area (TPSA) is 97.0 Å². The zero-order valence-electron chi connectivity index (χ0n) is 17.7. The van der Waals surface area contributed by atoms with E-state index >= 15 is 0 Å². The van der Waals surface area contributed by atoms with Gasteiger partial charge in [0, 0.05) is 25.8 Å². The van der Waals surface area contributed by atoms with Gasteiger partial charge in [-0.1, -0.05) is 12.1 Å². The van der Waals surface area contributed by atoms with E-state index < -0.39 is 10.0 Å². The highest BCUT2D eigenvalue weighted by atomic mass is 32.2. The average molecular weight is 436 g/mol. The van der Waals surface area contributed by atoms with Crippen LogP contribution in [0.4, 0.5) is 0 Å². The summed E-state index contributed by atoms with van der Waals surface area (Å²) in [7, 11) is 3.35. The molecule has 0 unspecified atom stereocenters. The molecule has 0 aromatic heterocycles. The Bertz CT molecular complexity index is 930. The second-order valence-corrected chi connectivity index (χ2v) is 8.65. The molecular weight excluding hydrogens is 406 g/mol. The Labute approximate surface area is 178 Å². The maximum absolute atomic E-state index is 12.6. The average Bonchev–Trinajstić information content (AvgIpc) is 2.74. The van der Waals surface area contributed by atoms with Crippen LogP contribution in [0.5, 0.6) is 5.75 Å². The number of hydrogen-bond acceptors (Lipinski definition) is 6. The first kappa shape index (κ1) is 23.8. The molecule has 1 atom stereocenters. The third kappa shape index (κ3) is 6.53. The quantitative estimate of drug-likeness (QED) is 0.521. The predicted molar refractivity (Wildman–Crippen MR) is 115 cm³/mol. The Balaban J connectivity index is 2.04. The summed E-state index contributed by atoms with van der Waals surface area (Å²) in [5, 5.41) is 2.91. The summed E-state index contributed by atoms with van der Waals surface area (Å²) in [5.74, 6) is 0.475. The van der Waals surface area contributed by atoms with Crippen LogP contribution in [-0.4, -0.2) is 67.2 Å². The third-order valence-electron chi connectivity index (χ3n) is 4.58. The molecule has 164 valence electrons. The van der Waals surface area contributed by atoms with Gasteiger partial charge in [-0.25, -0.2) is 13.1 Å². The van der Waals surface area contributed by atoms with Gasteiger partial charge in [0.2, 0.25) is 10.0 Å². The summed E-state index contributed by atoms with van der Waals surface area (Å²) < 4.78 is 37.0. The molecule has 0 fully saturated rings. The van der Waals surface area contributed by atoms with Gasteiger partial charge in [-0.05, 0) is 56.1 Å². The van der Waals surface area contributed by atoms with Crippen LogP contribution >= 0.6 is 0 Å². The van der Waals surface area contributed by atoms with E-state index in [0.717, 1.165) is 11.3 Å². The number of hydrogen-bond donors (Lipinski definition) is 2. The Morgan fingerprint density at radius 2 is 1.80 bits per heavy atom. The molecule has 9 heteroatoms. The van der Waals surface area contributed by atoms with E-state index in [1.54, 1.807) is 7.11 Å². The standard InChI is InChI=1S/C21H29N3O5S/c1-24(2)20(17-6-5-7-18(14-17)29-4)15-22-21(25)16-8-10-19(11-9-16)30(26,27)23-12-13-28-3/h5-11,14,20,23H,12-13,15H2,1-4H3,(H,22,25)/t20-/m0/s1. The molecule has 0 aliphatic rings. The van der Waals surface area contributed by atoms with E-state index in [1.807, 2.05) is 43.3 Å². The van der Waals surface area contributed by atoms with Crippen molar-refractivity contribution in [2.75, 3.05) is 48.0 Å². The first-order valence-electron chi connectivity index (χ1n) is 9.45. The van der Waals surface area contributed by atoms with Gasteiger partial charge in [0.05, 0.1) is 24.7 Å². The van der Waals surface area contributed by atoms with E-state index in [2.05, 4.69) is 10.0 Å². The van der Waals surface area contributed by atoms with Crippen molar-refractivity contribution in [1.82, 2.24) is 14.9 Å². The number of methoxy groups -OCH3 is 2. The van der Waals surface area contributed by atoms with Crippen LogP contribution in [0.3, 0.4) is 0 Å². The van der Waals surface area contributed by atoms with Gasteiger partial charge in [0.15, 0.2) is 0 Å². The Kier molecular flexibility index (Phi) is 8.79. The summed E-state index contributed by atoms with van der Waals surface area (Å²) in [4.78, 5) is 14.7. The molecule has 2 aromatic carbocycles. The monoisotopic (exact) mass is 435 g/mol. The number of carbonyl (C=O) groups excluding carboxylic acids is 1.